The minimum Gasteiger partial charge on any atom is -0.494 e. The monoisotopic (exact) mass is 661 g/mol. The van der Waals surface area contributed by atoms with Crippen molar-refractivity contribution in [3.8, 4) is 5.75 Å². The zero-order chi connectivity index (χ0) is 30.1. The van der Waals surface area contributed by atoms with Gasteiger partial charge in [0, 0.05) is 41.1 Å². The number of nitrogens with one attached hydrogen (secondary N) is 2. The van der Waals surface area contributed by atoms with Gasteiger partial charge in [0.1, 0.15) is 5.75 Å². The number of amides is 1. The fourth-order valence-electron chi connectivity index (χ4n) is 4.98. The summed E-state index contributed by atoms with van der Waals surface area (Å²) in [5, 5.41) is 9.73. The van der Waals surface area contributed by atoms with Crippen LogP contribution in [0.3, 0.4) is 0 Å². The molecule has 5 rings (SSSR count). The van der Waals surface area contributed by atoms with E-state index in [9.17, 15) is 4.79 Å². The van der Waals surface area contributed by atoms with Crippen molar-refractivity contribution < 1.29 is 19.4 Å². The van der Waals surface area contributed by atoms with Gasteiger partial charge in [-0.25, -0.2) is 10.4 Å². The second kappa shape index (κ2) is 14.7. The van der Waals surface area contributed by atoms with E-state index in [1.54, 1.807) is 0 Å². The highest BCUT2D eigenvalue weighted by Gasteiger charge is 2.53. The second-order valence-corrected chi connectivity index (χ2v) is 11.5. The third-order valence-corrected chi connectivity index (χ3v) is 8.10. The van der Waals surface area contributed by atoms with Gasteiger partial charge >= 0.3 is 0 Å². The minimum absolute atomic E-state index is 0.0700. The van der Waals surface area contributed by atoms with E-state index in [2.05, 4.69) is 26.8 Å². The first-order valence-electron chi connectivity index (χ1n) is 14.2. The maximum atomic E-state index is 14.2. The van der Waals surface area contributed by atoms with Crippen LogP contribution in [-0.4, -0.2) is 42.2 Å². The van der Waals surface area contributed by atoms with E-state index in [4.69, 9.17) is 31.2 Å². The third-order valence-electron chi connectivity index (χ3n) is 7.20. The molecule has 222 valence electrons. The number of carbonyl (C=O) groups is 1. The van der Waals surface area contributed by atoms with E-state index < -0.39 is 11.6 Å². The summed E-state index contributed by atoms with van der Waals surface area (Å²) in [4.78, 5) is 19.3. The summed E-state index contributed by atoms with van der Waals surface area (Å²) >= 11 is 9.84. The molecule has 0 aromatic heterocycles. The molecule has 3 N–H and O–H groups in total. The highest BCUT2D eigenvalue weighted by atomic mass is 79.9. The van der Waals surface area contributed by atoms with E-state index >= 15 is 0 Å². The summed E-state index contributed by atoms with van der Waals surface area (Å²) in [7, 11) is 0. The van der Waals surface area contributed by atoms with Crippen molar-refractivity contribution in [3.63, 3.8) is 0 Å². The molecule has 0 bridgehead atoms. The number of carbonyl (C=O) groups excluding carboxylic acids is 1. The highest BCUT2D eigenvalue weighted by molar-refractivity contribution is 9.10. The Labute approximate surface area is 265 Å². The van der Waals surface area contributed by atoms with Crippen LogP contribution in [0.1, 0.15) is 34.8 Å². The summed E-state index contributed by atoms with van der Waals surface area (Å²) in [6.07, 6.45) is 0.815. The van der Waals surface area contributed by atoms with Crippen LogP contribution in [-0.2, 0) is 22.4 Å². The van der Waals surface area contributed by atoms with Crippen molar-refractivity contribution in [3.05, 3.63) is 135 Å². The molecule has 2 atom stereocenters. The number of hydrogen-bond donors (Lipinski definition) is 3. The van der Waals surface area contributed by atoms with Gasteiger partial charge in [0.25, 0.3) is 5.91 Å². The lowest BCUT2D eigenvalue weighted by molar-refractivity contribution is -0.130. The Hall–Kier alpha value is -3.69. The maximum absolute atomic E-state index is 14.2. The number of aliphatic hydroxyl groups excluding tert-OH is 1. The first-order valence-corrected chi connectivity index (χ1v) is 15.3. The van der Waals surface area contributed by atoms with Crippen molar-refractivity contribution in [2.45, 2.75) is 30.9 Å². The van der Waals surface area contributed by atoms with Gasteiger partial charge in [-0.2, -0.15) is 0 Å². The van der Waals surface area contributed by atoms with Crippen LogP contribution in [0.4, 0.5) is 0 Å². The van der Waals surface area contributed by atoms with Crippen molar-refractivity contribution in [2.24, 2.45) is 4.99 Å². The number of nitrogens with zero attached hydrogens (tertiary/aromatic N) is 1. The molecule has 4 aromatic rings. The quantitative estimate of drug-likeness (QED) is 0.117. The number of ether oxygens (including phenoxy) is 2. The molecule has 1 heterocycles. The van der Waals surface area contributed by atoms with Crippen LogP contribution in [0.2, 0.25) is 5.02 Å². The molecule has 0 radical (unpaired) electrons. The lowest BCUT2D eigenvalue weighted by Gasteiger charge is -2.31. The lowest BCUT2D eigenvalue weighted by atomic mass is 9.82. The van der Waals surface area contributed by atoms with Gasteiger partial charge in [-0.05, 0) is 65.6 Å². The fourth-order valence-corrected chi connectivity index (χ4v) is 5.47. The van der Waals surface area contributed by atoms with E-state index in [0.29, 0.717) is 49.1 Å². The van der Waals surface area contributed by atoms with Crippen LogP contribution in [0.25, 0.3) is 0 Å². The van der Waals surface area contributed by atoms with Gasteiger partial charge in [0.2, 0.25) is 5.90 Å². The number of hydrogen-bond acceptors (Lipinski definition) is 6. The summed E-state index contributed by atoms with van der Waals surface area (Å²) in [6, 6.07) is 32.6. The summed E-state index contributed by atoms with van der Waals surface area (Å²) < 4.78 is 13.2. The molecule has 43 heavy (non-hydrogen) atoms. The number of hydrazine groups is 1. The Morgan fingerprint density at radius 1 is 0.977 bits per heavy atom. The van der Waals surface area contributed by atoms with Crippen LogP contribution in [0.15, 0.2) is 113 Å². The van der Waals surface area contributed by atoms with Crippen LogP contribution in [0, 0.1) is 0 Å². The lowest BCUT2D eigenvalue weighted by Crippen LogP contribution is -2.54. The van der Waals surface area contributed by atoms with Gasteiger partial charge in [-0.1, -0.05) is 88.2 Å². The average molecular weight is 663 g/mol. The van der Waals surface area contributed by atoms with Gasteiger partial charge < -0.3 is 14.6 Å². The minimum atomic E-state index is -1.31. The summed E-state index contributed by atoms with van der Waals surface area (Å²) in [5.41, 5.74) is 8.21. The van der Waals surface area contributed by atoms with Gasteiger partial charge in [0.05, 0.1) is 6.61 Å². The van der Waals surface area contributed by atoms with E-state index in [0.717, 1.165) is 26.7 Å². The van der Waals surface area contributed by atoms with Gasteiger partial charge in [0.15, 0.2) is 11.6 Å². The number of benzene rings is 4. The maximum Gasteiger partial charge on any atom is 0.266 e. The molecule has 0 saturated carbocycles. The molecule has 9 heteroatoms. The predicted molar refractivity (Wildman–Crippen MR) is 172 cm³/mol. The third kappa shape index (κ3) is 7.64. The molecule has 0 unspecified atom stereocenters. The van der Waals surface area contributed by atoms with E-state index in [1.807, 2.05) is 103 Å². The van der Waals surface area contributed by atoms with Gasteiger partial charge in [-0.3, -0.25) is 10.2 Å². The fraction of sp³-hybridized carbons (Fsp3) is 0.235. The first-order chi connectivity index (χ1) is 21.0. The Morgan fingerprint density at radius 2 is 1.70 bits per heavy atom. The molecule has 0 spiro atoms. The second-order valence-electron chi connectivity index (χ2n) is 10.2. The molecule has 0 saturated heterocycles. The summed E-state index contributed by atoms with van der Waals surface area (Å²) in [6.45, 7) is 0.971. The van der Waals surface area contributed by atoms with Crippen LogP contribution < -0.4 is 15.6 Å². The summed E-state index contributed by atoms with van der Waals surface area (Å²) in [5.74, 6) is 0.746. The van der Waals surface area contributed by atoms with Crippen molar-refractivity contribution in [2.75, 3.05) is 19.8 Å². The van der Waals surface area contributed by atoms with Crippen molar-refractivity contribution >= 4 is 39.3 Å². The Bertz CT molecular complexity index is 1530. The SMILES string of the molecule is O=C(NNCCc1ccccc1Cl)[C@@]1(Cc2ccccc2)N=C(c2ccc(OCCCO)cc2)O[C@H]1c1ccc(Br)cc1. The molecule has 7 nitrogen and oxygen atoms in total. The largest absolute Gasteiger partial charge is 0.494 e. The number of halogens is 2. The molecular formula is C34H33BrClN3O4. The smallest absolute Gasteiger partial charge is 0.266 e. The number of aliphatic imine (C=N–C) groups is 1. The van der Waals surface area contributed by atoms with E-state index in [1.165, 1.54) is 0 Å². The number of aliphatic hydroxyl groups is 1. The molecule has 1 amide bonds. The molecular weight excluding hydrogens is 630 g/mol. The standard InChI is InChI=1S/C34H33BrClN3O4/c35-28-15-11-26(12-16-28)31-34(23-24-7-2-1-3-8-24,33(41)39-37-20-19-25-9-4-5-10-30(25)36)38-32(43-31)27-13-17-29(18-14-27)42-22-6-21-40/h1-5,7-18,31,37,40H,6,19-23H2,(H,39,41)/t31-,34-/m0/s1. The normalized spacial score (nSPS) is 17.7. The molecule has 1 aliphatic heterocycles. The molecule has 0 fully saturated rings. The Balaban J connectivity index is 1.46. The Morgan fingerprint density at radius 3 is 2.42 bits per heavy atom. The van der Waals surface area contributed by atoms with E-state index in [-0.39, 0.29) is 12.5 Å². The topological polar surface area (TPSA) is 92.2 Å². The van der Waals surface area contributed by atoms with Crippen LogP contribution >= 0.6 is 27.5 Å². The number of rotatable bonds is 13. The van der Waals surface area contributed by atoms with Gasteiger partial charge in [-0.15, -0.1) is 0 Å². The molecule has 4 aromatic carbocycles. The zero-order valence-corrected chi connectivity index (χ0v) is 25.9. The van der Waals surface area contributed by atoms with Crippen molar-refractivity contribution in [1.82, 2.24) is 10.9 Å². The highest BCUT2D eigenvalue weighted by Crippen LogP contribution is 2.42. The predicted octanol–water partition coefficient (Wildman–Crippen LogP) is 6.23. The average Bonchev–Trinajstić information content (AvgIpc) is 3.41. The van der Waals surface area contributed by atoms with Crippen LogP contribution in [0.5, 0.6) is 5.75 Å². The molecule has 1 aliphatic rings. The zero-order valence-electron chi connectivity index (χ0n) is 23.5. The first kappa shape index (κ1) is 30.8. The Kier molecular flexibility index (Phi) is 10.5. The van der Waals surface area contributed by atoms with Crippen molar-refractivity contribution in [1.29, 1.82) is 0 Å². The molecule has 0 aliphatic carbocycles.